The molecular formula is C45H63FN4O10. The first kappa shape index (κ1) is 49.2. The van der Waals surface area contributed by atoms with Gasteiger partial charge < -0.3 is 35.1 Å². The van der Waals surface area contributed by atoms with E-state index in [9.17, 15) is 43.4 Å². The number of hydrogen-bond donors (Lipinski definition) is 5. The average molecular weight is 839 g/mol. The van der Waals surface area contributed by atoms with Gasteiger partial charge in [0.25, 0.3) is 5.91 Å². The van der Waals surface area contributed by atoms with Gasteiger partial charge in [-0.15, -0.1) is 0 Å². The number of carbonyl (C=O) groups is 6. The predicted molar refractivity (Wildman–Crippen MR) is 223 cm³/mol. The zero-order valence-electron chi connectivity index (χ0n) is 36.0. The van der Waals surface area contributed by atoms with Gasteiger partial charge in [-0.3, -0.25) is 24.2 Å². The summed E-state index contributed by atoms with van der Waals surface area (Å²) in [5, 5.41) is 28.3. The molecule has 2 aliphatic heterocycles. The Morgan fingerprint density at radius 3 is 2.35 bits per heavy atom. The van der Waals surface area contributed by atoms with Crippen LogP contribution in [-0.2, 0) is 44.7 Å². The highest BCUT2D eigenvalue weighted by molar-refractivity contribution is 5.93. The summed E-state index contributed by atoms with van der Waals surface area (Å²) >= 11 is 0. The third kappa shape index (κ3) is 16.1. The number of phenols is 1. The number of amides is 3. The number of nitrogens with one attached hydrogen (secondary N) is 3. The number of Topliss-reactive ketones (excluding diaryl/α,β-unsaturated/α-hetero) is 1. The van der Waals surface area contributed by atoms with Crippen molar-refractivity contribution in [1.29, 1.82) is 0 Å². The highest BCUT2D eigenvalue weighted by atomic mass is 19.1. The van der Waals surface area contributed by atoms with E-state index in [4.69, 9.17) is 9.47 Å². The number of cyclic esters (lactones) is 1. The van der Waals surface area contributed by atoms with E-state index in [1.165, 1.54) is 30.2 Å². The number of hydrazine groups is 1. The number of halogens is 1. The Hall–Kier alpha value is -5.15. The minimum Gasteiger partial charge on any atom is -0.508 e. The molecule has 2 heterocycles. The van der Waals surface area contributed by atoms with Crippen molar-refractivity contribution in [1.82, 2.24) is 21.1 Å². The van der Waals surface area contributed by atoms with Crippen LogP contribution in [0, 0.1) is 23.6 Å². The molecular weight excluding hydrogens is 776 g/mol. The second-order valence-electron chi connectivity index (χ2n) is 17.0. The monoisotopic (exact) mass is 838 g/mol. The number of aliphatic hydroxyl groups is 1. The maximum atomic E-state index is 14.4. The van der Waals surface area contributed by atoms with Gasteiger partial charge in [0.2, 0.25) is 11.8 Å². The smallest absolute Gasteiger partial charge is 0.331 e. The van der Waals surface area contributed by atoms with E-state index in [-0.39, 0.29) is 49.3 Å². The topological polar surface area (TPSA) is 201 Å². The maximum absolute atomic E-state index is 14.4. The van der Waals surface area contributed by atoms with Crippen LogP contribution >= 0.6 is 0 Å². The van der Waals surface area contributed by atoms with Gasteiger partial charge in [0.15, 0.2) is 0 Å². The van der Waals surface area contributed by atoms with E-state index in [0.717, 1.165) is 12.1 Å². The fourth-order valence-electron chi connectivity index (χ4n) is 6.82. The summed E-state index contributed by atoms with van der Waals surface area (Å²) in [6, 6.07) is -0.225. The van der Waals surface area contributed by atoms with Gasteiger partial charge in [-0.2, -0.15) is 0 Å². The Balaban J connectivity index is 2.06. The van der Waals surface area contributed by atoms with Crippen molar-refractivity contribution >= 4 is 35.4 Å². The predicted octanol–water partition coefficient (Wildman–Crippen LogP) is 4.84. The first-order valence-corrected chi connectivity index (χ1v) is 20.6. The summed E-state index contributed by atoms with van der Waals surface area (Å²) in [5.74, 6) is -6.53. The summed E-state index contributed by atoms with van der Waals surface area (Å²) in [7, 11) is 0. The van der Waals surface area contributed by atoms with E-state index >= 15 is 0 Å². The number of hydrogen-bond acceptors (Lipinski definition) is 11. The van der Waals surface area contributed by atoms with E-state index < -0.39 is 89.2 Å². The third-order valence-corrected chi connectivity index (χ3v) is 10.1. The molecule has 3 rings (SSSR count). The van der Waals surface area contributed by atoms with Crippen LogP contribution in [0.4, 0.5) is 4.39 Å². The number of rotatable bonds is 9. The van der Waals surface area contributed by atoms with Gasteiger partial charge in [-0.1, -0.05) is 57.2 Å². The Morgan fingerprint density at radius 1 is 1.03 bits per heavy atom. The van der Waals surface area contributed by atoms with E-state index in [0.29, 0.717) is 24.8 Å². The van der Waals surface area contributed by atoms with Gasteiger partial charge in [-0.05, 0) is 95.4 Å². The number of benzene rings is 1. The molecule has 7 atom stereocenters. The van der Waals surface area contributed by atoms with Crippen LogP contribution in [0.2, 0.25) is 0 Å². The number of ketones is 1. The summed E-state index contributed by atoms with van der Waals surface area (Å²) in [5.41, 5.74) is 3.08. The largest absolute Gasteiger partial charge is 0.508 e. The van der Waals surface area contributed by atoms with Crippen LogP contribution < -0.4 is 16.1 Å². The van der Waals surface area contributed by atoms with Crippen molar-refractivity contribution in [3.63, 3.8) is 0 Å². The quantitative estimate of drug-likeness (QED) is 0.130. The van der Waals surface area contributed by atoms with Crippen LogP contribution in [0.25, 0.3) is 0 Å². The van der Waals surface area contributed by atoms with Crippen molar-refractivity contribution in [3.05, 3.63) is 77.7 Å². The Morgan fingerprint density at radius 2 is 1.72 bits per heavy atom. The van der Waals surface area contributed by atoms with Crippen molar-refractivity contribution in [2.45, 2.75) is 136 Å². The lowest BCUT2D eigenvalue weighted by atomic mass is 9.85. The molecule has 15 heteroatoms. The van der Waals surface area contributed by atoms with Crippen LogP contribution in [0.5, 0.6) is 5.75 Å². The summed E-state index contributed by atoms with van der Waals surface area (Å²) < 4.78 is 25.8. The molecule has 1 saturated heterocycles. The molecule has 0 aromatic heterocycles. The molecule has 330 valence electrons. The molecule has 5 N–H and O–H groups in total. The molecule has 2 bridgehead atoms. The normalized spacial score (nSPS) is 26.9. The molecule has 14 nitrogen and oxygen atoms in total. The number of allylic oxidation sites excluding steroid dienone is 5. The molecule has 1 fully saturated rings. The first-order chi connectivity index (χ1) is 28.1. The fraction of sp³-hybridized carbons (Fsp3) is 0.556. The number of carbonyl (C=O) groups excluding carboxylic acids is 6. The molecule has 0 aliphatic carbocycles. The molecule has 1 aromatic rings. The van der Waals surface area contributed by atoms with E-state index in [1.54, 1.807) is 72.8 Å². The molecule has 1 aromatic carbocycles. The minimum atomic E-state index is -1.36. The second-order valence-corrected chi connectivity index (χ2v) is 17.0. The average Bonchev–Trinajstić information content (AvgIpc) is 3.15. The number of ether oxygens (including phenoxy) is 2. The van der Waals surface area contributed by atoms with E-state index in [2.05, 4.69) is 16.1 Å². The molecule has 0 radical (unpaired) electrons. The number of phenolic OH excluding ortho intramolecular Hbond substituents is 1. The molecule has 3 amide bonds. The van der Waals surface area contributed by atoms with Crippen molar-refractivity contribution in [2.24, 2.45) is 17.8 Å². The lowest BCUT2D eigenvalue weighted by Gasteiger charge is -2.36. The lowest BCUT2D eigenvalue weighted by molar-refractivity contribution is -0.156. The first-order valence-electron chi connectivity index (χ1n) is 20.6. The van der Waals surface area contributed by atoms with Gasteiger partial charge >= 0.3 is 11.9 Å². The minimum absolute atomic E-state index is 0.0241. The Labute approximate surface area is 352 Å². The zero-order chi connectivity index (χ0) is 44.7. The van der Waals surface area contributed by atoms with Crippen molar-refractivity contribution in [3.8, 4) is 5.75 Å². The van der Waals surface area contributed by atoms with Crippen LogP contribution in [0.1, 0.15) is 99.5 Å². The molecule has 60 heavy (non-hydrogen) atoms. The molecule has 2 aliphatic rings. The van der Waals surface area contributed by atoms with Crippen LogP contribution in [0.3, 0.4) is 0 Å². The van der Waals surface area contributed by atoms with Crippen LogP contribution in [0.15, 0.2) is 66.3 Å². The summed E-state index contributed by atoms with van der Waals surface area (Å²) in [6.45, 7) is 13.7. The highest BCUT2D eigenvalue weighted by Crippen LogP contribution is 2.24. The summed E-state index contributed by atoms with van der Waals surface area (Å²) in [6.07, 6.45) is 10.7. The Kier molecular flexibility index (Phi) is 18.9. The fourth-order valence-corrected chi connectivity index (χ4v) is 6.82. The SMILES string of the molecule is CC(=O)CC[C@H]1C(=O)NC(C(C)C)C(=O)N[C@@H](Cc2cc(O)cc(F)c2)C(=O)N2CCCC(N2)C(=O)O[C@H](/C(C)=C/C=C/C(=O)OC(C)(C)C)C/C=C/C=C/C[C@H](C)[C@H]1O. The highest BCUT2D eigenvalue weighted by Gasteiger charge is 2.38. The number of nitrogens with zero attached hydrogens (tertiary/aromatic N) is 1. The Bertz CT molecular complexity index is 1800. The van der Waals surface area contributed by atoms with Gasteiger partial charge in [-0.25, -0.2) is 14.6 Å². The molecule has 2 unspecified atom stereocenters. The van der Waals surface area contributed by atoms with E-state index in [1.807, 2.05) is 6.08 Å². The zero-order valence-corrected chi connectivity index (χ0v) is 36.0. The van der Waals surface area contributed by atoms with Crippen LogP contribution in [-0.4, -0.2) is 93.1 Å². The van der Waals surface area contributed by atoms with Gasteiger partial charge in [0.1, 0.15) is 47.2 Å². The molecule has 0 spiro atoms. The van der Waals surface area contributed by atoms with Crippen molar-refractivity contribution in [2.75, 3.05) is 6.54 Å². The van der Waals surface area contributed by atoms with Gasteiger partial charge in [0.05, 0.1) is 12.0 Å². The summed E-state index contributed by atoms with van der Waals surface area (Å²) in [4.78, 5) is 80.3. The van der Waals surface area contributed by atoms with Gasteiger partial charge in [0, 0.05) is 37.9 Å². The molecule has 0 saturated carbocycles. The standard InChI is InChI=1S/C45H63FN4O10/c1-27(2)39-42(56)47-36(25-31-23-32(46)26-33(52)24-31)43(57)50-22-14-17-35(49-50)44(58)59-37(28(3)16-13-19-38(53)60-45(6,7)8)18-12-10-9-11-15-29(4)40(54)34(41(55)48-39)21-20-30(5)51/h9-13,16,19,23-24,26-27,29,34-37,39-40,49,52,54H,14-15,17-18,20-22,25H2,1-8H3,(H,47,56)(H,48,55)/b11-9+,12-10+,19-13+,28-16+/t29-,34+,35?,36-,37-,39?,40+/m0/s1. The van der Waals surface area contributed by atoms with Crippen molar-refractivity contribution < 1.29 is 52.8 Å². The second kappa shape index (κ2) is 23.0. The number of aromatic hydroxyl groups is 1. The number of esters is 2. The maximum Gasteiger partial charge on any atom is 0.331 e. The lowest BCUT2D eigenvalue weighted by Crippen LogP contribution is -2.62. The number of aliphatic hydroxyl groups excluding tert-OH is 1. The third-order valence-electron chi connectivity index (χ3n) is 10.1. The number of fused-ring (bicyclic) bond motifs is 2.